The molecule has 0 aliphatic rings. The maximum Gasteiger partial charge on any atom is 0.234 e. The Balaban J connectivity index is 2.86. The molecule has 0 bridgehead atoms. The number of hydrogen-bond donors (Lipinski definition) is 1. The van der Waals surface area contributed by atoms with E-state index in [1.807, 2.05) is 6.92 Å². The molecular formula is C8H12ClN3O2S2. The van der Waals surface area contributed by atoms with Crippen LogP contribution in [0.3, 0.4) is 0 Å². The SMILES string of the molecule is CCNc1nnc(S(=O)(=O)C/C=C(/C)Cl)s1. The van der Waals surface area contributed by atoms with Crippen molar-refractivity contribution in [3.63, 3.8) is 0 Å². The predicted octanol–water partition coefficient (Wildman–Crippen LogP) is 1.89. The normalized spacial score (nSPS) is 12.8. The minimum Gasteiger partial charge on any atom is -0.360 e. The van der Waals surface area contributed by atoms with Gasteiger partial charge in [-0.3, -0.25) is 0 Å². The fourth-order valence-electron chi connectivity index (χ4n) is 0.854. The van der Waals surface area contributed by atoms with Crippen LogP contribution in [0.1, 0.15) is 13.8 Å². The molecule has 5 nitrogen and oxygen atoms in total. The Bertz CT molecular complexity index is 477. The molecule has 1 N–H and O–H groups in total. The van der Waals surface area contributed by atoms with Crippen LogP contribution in [0.15, 0.2) is 15.4 Å². The van der Waals surface area contributed by atoms with E-state index in [1.165, 1.54) is 6.08 Å². The van der Waals surface area contributed by atoms with Crippen molar-refractivity contribution in [2.45, 2.75) is 18.2 Å². The molecule has 1 rings (SSSR count). The molecular weight excluding hydrogens is 270 g/mol. The van der Waals surface area contributed by atoms with Crippen molar-refractivity contribution in [1.29, 1.82) is 0 Å². The Morgan fingerprint density at radius 3 is 2.81 bits per heavy atom. The second kappa shape index (κ2) is 5.60. The van der Waals surface area contributed by atoms with E-state index in [-0.39, 0.29) is 10.1 Å². The molecule has 0 radical (unpaired) electrons. The molecule has 0 amide bonds. The average molecular weight is 282 g/mol. The molecule has 0 spiro atoms. The van der Waals surface area contributed by atoms with Crippen LogP contribution in [-0.2, 0) is 9.84 Å². The van der Waals surface area contributed by atoms with Gasteiger partial charge in [0.15, 0.2) is 0 Å². The lowest BCUT2D eigenvalue weighted by molar-refractivity contribution is 0.597. The first-order valence-electron chi connectivity index (χ1n) is 4.58. The summed E-state index contributed by atoms with van der Waals surface area (Å²) in [5.41, 5.74) is 0. The Kier molecular flexibility index (Phi) is 4.69. The van der Waals surface area contributed by atoms with E-state index in [0.29, 0.717) is 16.7 Å². The molecule has 8 heteroatoms. The van der Waals surface area contributed by atoms with E-state index < -0.39 is 9.84 Å². The third kappa shape index (κ3) is 3.73. The minimum atomic E-state index is -3.41. The van der Waals surface area contributed by atoms with Crippen molar-refractivity contribution in [2.24, 2.45) is 0 Å². The number of aromatic nitrogens is 2. The van der Waals surface area contributed by atoms with Gasteiger partial charge in [0.2, 0.25) is 19.3 Å². The number of hydrogen-bond acceptors (Lipinski definition) is 6. The van der Waals surface area contributed by atoms with Gasteiger partial charge >= 0.3 is 0 Å². The monoisotopic (exact) mass is 281 g/mol. The number of allylic oxidation sites excluding steroid dienone is 1. The number of rotatable bonds is 5. The first kappa shape index (κ1) is 13.4. The second-order valence-corrected chi connectivity index (χ2v) is 6.76. The highest BCUT2D eigenvalue weighted by atomic mass is 35.5. The summed E-state index contributed by atoms with van der Waals surface area (Å²) in [6.45, 7) is 4.20. The number of halogens is 1. The molecule has 1 aromatic heterocycles. The number of anilines is 1. The van der Waals surface area contributed by atoms with Crippen molar-refractivity contribution < 1.29 is 8.42 Å². The average Bonchev–Trinajstić information content (AvgIpc) is 2.65. The van der Waals surface area contributed by atoms with Crippen LogP contribution in [0.4, 0.5) is 5.13 Å². The summed E-state index contributed by atoms with van der Waals surface area (Å²) in [5.74, 6) is -0.150. The van der Waals surface area contributed by atoms with Gasteiger partial charge in [0.05, 0.1) is 5.75 Å². The van der Waals surface area contributed by atoms with Gasteiger partial charge in [-0.05, 0) is 13.8 Å². The van der Waals surface area contributed by atoms with E-state index in [9.17, 15) is 8.42 Å². The van der Waals surface area contributed by atoms with Gasteiger partial charge in [0, 0.05) is 11.6 Å². The highest BCUT2D eigenvalue weighted by Crippen LogP contribution is 2.21. The summed E-state index contributed by atoms with van der Waals surface area (Å²) in [6.07, 6.45) is 1.44. The Morgan fingerprint density at radius 1 is 1.56 bits per heavy atom. The van der Waals surface area contributed by atoms with Gasteiger partial charge < -0.3 is 5.32 Å². The zero-order valence-corrected chi connectivity index (χ0v) is 11.3. The summed E-state index contributed by atoms with van der Waals surface area (Å²) in [4.78, 5) is 0. The lowest BCUT2D eigenvalue weighted by Crippen LogP contribution is -2.04. The molecule has 0 unspecified atom stereocenters. The largest absolute Gasteiger partial charge is 0.360 e. The summed E-state index contributed by atoms with van der Waals surface area (Å²) in [5, 5.41) is 11.2. The smallest absolute Gasteiger partial charge is 0.234 e. The van der Waals surface area contributed by atoms with Crippen LogP contribution in [-0.4, -0.2) is 30.9 Å². The first-order chi connectivity index (χ1) is 7.45. The van der Waals surface area contributed by atoms with Crippen molar-refractivity contribution >= 4 is 37.9 Å². The fourth-order valence-corrected chi connectivity index (χ4v) is 3.29. The van der Waals surface area contributed by atoms with Crippen molar-refractivity contribution in [2.75, 3.05) is 17.6 Å². The topological polar surface area (TPSA) is 72.0 Å². The van der Waals surface area contributed by atoms with Crippen LogP contribution < -0.4 is 5.32 Å². The summed E-state index contributed by atoms with van der Waals surface area (Å²) >= 11 is 6.60. The summed E-state index contributed by atoms with van der Waals surface area (Å²) in [7, 11) is -3.41. The quantitative estimate of drug-likeness (QED) is 0.892. The Labute approximate surface area is 103 Å². The van der Waals surface area contributed by atoms with E-state index in [1.54, 1.807) is 6.92 Å². The van der Waals surface area contributed by atoms with Crippen molar-refractivity contribution in [1.82, 2.24) is 10.2 Å². The molecule has 90 valence electrons. The first-order valence-corrected chi connectivity index (χ1v) is 7.42. The molecule has 0 saturated carbocycles. The zero-order valence-electron chi connectivity index (χ0n) is 8.90. The van der Waals surface area contributed by atoms with E-state index in [2.05, 4.69) is 15.5 Å². The molecule has 0 aliphatic carbocycles. The van der Waals surface area contributed by atoms with Crippen LogP contribution in [0.5, 0.6) is 0 Å². The van der Waals surface area contributed by atoms with Gasteiger partial charge in [0.25, 0.3) is 0 Å². The number of nitrogens with zero attached hydrogens (tertiary/aromatic N) is 2. The third-order valence-corrected chi connectivity index (χ3v) is 4.65. The van der Waals surface area contributed by atoms with Crippen LogP contribution in [0.25, 0.3) is 0 Å². The van der Waals surface area contributed by atoms with E-state index >= 15 is 0 Å². The maximum absolute atomic E-state index is 11.7. The van der Waals surface area contributed by atoms with Crippen LogP contribution in [0.2, 0.25) is 0 Å². The van der Waals surface area contributed by atoms with E-state index in [4.69, 9.17) is 11.6 Å². The Morgan fingerprint density at radius 2 is 2.25 bits per heavy atom. The molecule has 0 aliphatic heterocycles. The molecule has 1 heterocycles. The van der Waals surface area contributed by atoms with Gasteiger partial charge in [-0.25, -0.2) is 8.42 Å². The fraction of sp³-hybridized carbons (Fsp3) is 0.500. The standard InChI is InChI=1S/C8H12ClN3O2S2/c1-3-10-7-11-12-8(15-7)16(13,14)5-4-6(2)9/h4H,3,5H2,1-2H3,(H,10,11)/b6-4-. The number of nitrogens with one attached hydrogen (secondary N) is 1. The summed E-state index contributed by atoms with van der Waals surface area (Å²) < 4.78 is 23.5. The second-order valence-electron chi connectivity index (χ2n) is 2.98. The molecule has 0 fully saturated rings. The van der Waals surface area contributed by atoms with Gasteiger partial charge in [-0.15, -0.1) is 10.2 Å². The molecule has 0 saturated heterocycles. The lowest BCUT2D eigenvalue weighted by Gasteiger charge is -1.94. The molecule has 1 aromatic rings. The lowest BCUT2D eigenvalue weighted by atomic mass is 10.6. The maximum atomic E-state index is 11.7. The van der Waals surface area contributed by atoms with Gasteiger partial charge in [-0.2, -0.15) is 0 Å². The zero-order chi connectivity index (χ0) is 12.2. The van der Waals surface area contributed by atoms with E-state index in [0.717, 1.165) is 11.3 Å². The third-order valence-electron chi connectivity index (χ3n) is 1.58. The Hall–Kier alpha value is -0.660. The van der Waals surface area contributed by atoms with Crippen LogP contribution >= 0.6 is 22.9 Å². The van der Waals surface area contributed by atoms with Crippen LogP contribution in [0, 0.1) is 0 Å². The predicted molar refractivity (Wildman–Crippen MR) is 65.7 cm³/mol. The molecule has 0 aromatic carbocycles. The van der Waals surface area contributed by atoms with Gasteiger partial charge in [-0.1, -0.05) is 29.0 Å². The molecule has 0 atom stereocenters. The highest BCUT2D eigenvalue weighted by molar-refractivity contribution is 7.93. The van der Waals surface area contributed by atoms with Gasteiger partial charge in [0.1, 0.15) is 0 Å². The molecule has 16 heavy (non-hydrogen) atoms. The number of sulfone groups is 1. The minimum absolute atomic E-state index is 0.0117. The summed E-state index contributed by atoms with van der Waals surface area (Å²) in [6, 6.07) is 0. The highest BCUT2D eigenvalue weighted by Gasteiger charge is 2.18. The van der Waals surface area contributed by atoms with Crippen molar-refractivity contribution in [3.05, 3.63) is 11.1 Å². The van der Waals surface area contributed by atoms with Crippen molar-refractivity contribution in [3.8, 4) is 0 Å².